The second-order valence-electron chi connectivity index (χ2n) is 7.57. The quantitative estimate of drug-likeness (QED) is 0.210. The Hall–Kier alpha value is -1.75. The van der Waals surface area contributed by atoms with Gasteiger partial charge >= 0.3 is 5.97 Å². The van der Waals surface area contributed by atoms with Crippen LogP contribution in [0.4, 0.5) is 0 Å². The molecule has 5 heteroatoms. The summed E-state index contributed by atoms with van der Waals surface area (Å²) in [4.78, 5) is 22.7. The lowest BCUT2D eigenvalue weighted by molar-refractivity contribution is -0.140. The van der Waals surface area contributed by atoms with Crippen molar-refractivity contribution in [3.05, 3.63) is 46.6 Å². The van der Waals surface area contributed by atoms with Crippen molar-refractivity contribution < 1.29 is 14.7 Å². The minimum atomic E-state index is -1.07. The van der Waals surface area contributed by atoms with E-state index in [0.29, 0.717) is 0 Å². The van der Waals surface area contributed by atoms with E-state index in [9.17, 15) is 9.59 Å². The molecule has 2 N–H and O–H groups in total. The fraction of sp³-hybridized carbons (Fsp3) is 0.565. The van der Waals surface area contributed by atoms with E-state index >= 15 is 0 Å². The van der Waals surface area contributed by atoms with E-state index in [1.807, 2.05) is 6.92 Å². The molecule has 0 saturated carbocycles. The third kappa shape index (κ3) is 14.3. The van der Waals surface area contributed by atoms with Gasteiger partial charge in [-0.3, -0.25) is 4.79 Å². The molecule has 0 bridgehead atoms. The topological polar surface area (TPSA) is 66.4 Å². The Kier molecular flexibility index (Phi) is 14.3. The minimum absolute atomic E-state index is 0.0682. The molecule has 0 rings (SSSR count). The number of carbonyl (C=O) groups is 2. The third-order valence-electron chi connectivity index (χ3n) is 4.33. The highest BCUT2D eigenvalue weighted by atomic mass is 32.1. The summed E-state index contributed by atoms with van der Waals surface area (Å²) >= 11 is 3.93. The monoisotopic (exact) mass is 407 g/mol. The summed E-state index contributed by atoms with van der Waals surface area (Å²) in [6, 6.07) is -0.958. The zero-order chi connectivity index (χ0) is 21.5. The highest BCUT2D eigenvalue weighted by Gasteiger charge is 2.16. The van der Waals surface area contributed by atoms with E-state index in [0.717, 1.165) is 44.1 Å². The summed E-state index contributed by atoms with van der Waals surface area (Å²) in [5, 5.41) is 11.4. The number of rotatable bonds is 13. The Morgan fingerprint density at radius 1 is 0.857 bits per heavy atom. The zero-order valence-electron chi connectivity index (χ0n) is 18.0. The van der Waals surface area contributed by atoms with Crippen molar-refractivity contribution in [2.45, 2.75) is 79.2 Å². The Morgan fingerprint density at radius 2 is 1.32 bits per heavy atom. The molecule has 0 aromatic rings. The number of aliphatic carboxylic acids is 1. The second kappa shape index (κ2) is 15.2. The van der Waals surface area contributed by atoms with Crippen LogP contribution in [-0.4, -0.2) is 28.8 Å². The van der Waals surface area contributed by atoms with Gasteiger partial charge in [-0.25, -0.2) is 4.79 Å². The van der Waals surface area contributed by atoms with E-state index in [2.05, 4.69) is 63.9 Å². The summed E-state index contributed by atoms with van der Waals surface area (Å²) in [7, 11) is 0. The molecule has 0 aliphatic rings. The lowest BCUT2D eigenvalue weighted by Gasteiger charge is -2.10. The largest absolute Gasteiger partial charge is 0.480 e. The summed E-state index contributed by atoms with van der Waals surface area (Å²) in [5.41, 5.74) is 5.10. The highest BCUT2D eigenvalue weighted by molar-refractivity contribution is 7.80. The maximum atomic E-state index is 11.8. The number of thiol groups is 1. The molecule has 0 aromatic heterocycles. The van der Waals surface area contributed by atoms with Crippen molar-refractivity contribution in [3.63, 3.8) is 0 Å². The number of carboxylic acid groups (broad SMARTS) is 1. The molecule has 0 radical (unpaired) electrons. The van der Waals surface area contributed by atoms with E-state index in [1.54, 1.807) is 0 Å². The smallest absolute Gasteiger partial charge is 0.327 e. The summed E-state index contributed by atoms with van der Waals surface area (Å²) in [6.45, 7) is 10.5. The number of hydrogen-bond acceptors (Lipinski definition) is 3. The first-order valence-corrected chi connectivity index (χ1v) is 10.5. The van der Waals surface area contributed by atoms with E-state index < -0.39 is 12.0 Å². The van der Waals surface area contributed by atoms with Crippen molar-refractivity contribution in [2.75, 3.05) is 5.75 Å². The SMILES string of the molecule is CC(C)=CCCC(C)=CCCC(C)=CCCC(C)=CC(=O)NC(CS)C(=O)O. The second-order valence-corrected chi connectivity index (χ2v) is 7.94. The van der Waals surface area contributed by atoms with Crippen LogP contribution in [0, 0.1) is 0 Å². The minimum Gasteiger partial charge on any atom is -0.480 e. The maximum Gasteiger partial charge on any atom is 0.327 e. The molecule has 0 spiro atoms. The van der Waals surface area contributed by atoms with E-state index in [1.165, 1.54) is 22.8 Å². The predicted molar refractivity (Wildman–Crippen MR) is 122 cm³/mol. The first kappa shape index (κ1) is 26.2. The number of nitrogens with one attached hydrogen (secondary N) is 1. The fourth-order valence-corrected chi connectivity index (χ4v) is 2.83. The van der Waals surface area contributed by atoms with E-state index in [-0.39, 0.29) is 11.7 Å². The standard InChI is InChI=1S/C23H37NO3S/c1-17(2)9-6-10-18(3)11-7-12-19(4)13-8-14-20(5)15-22(25)24-21(16-28)23(26)27/h9,11,13,15,21,28H,6-8,10,12,14,16H2,1-5H3,(H,24,25)(H,26,27). The number of carbonyl (C=O) groups excluding carboxylic acids is 1. The van der Waals surface area contributed by atoms with Gasteiger partial charge in [0.15, 0.2) is 0 Å². The van der Waals surface area contributed by atoms with Crippen LogP contribution in [0.5, 0.6) is 0 Å². The van der Waals surface area contributed by atoms with Crippen molar-refractivity contribution in [1.82, 2.24) is 5.32 Å². The molecule has 0 aliphatic heterocycles. The Bertz CT molecular complexity index is 626. The van der Waals surface area contributed by atoms with Crippen LogP contribution in [0.15, 0.2) is 46.6 Å². The lowest BCUT2D eigenvalue weighted by Crippen LogP contribution is -2.41. The number of hydrogen-bond donors (Lipinski definition) is 3. The molecule has 4 nitrogen and oxygen atoms in total. The summed E-state index contributed by atoms with van der Waals surface area (Å²) in [5.74, 6) is -1.39. The molecule has 0 fully saturated rings. The number of allylic oxidation sites excluding steroid dienone is 7. The predicted octanol–water partition coefficient (Wildman–Crippen LogP) is 5.63. The van der Waals surface area contributed by atoms with Crippen LogP contribution < -0.4 is 5.32 Å². The van der Waals surface area contributed by atoms with Crippen LogP contribution in [0.25, 0.3) is 0 Å². The molecule has 1 amide bonds. The Labute approximate surface area is 176 Å². The fourth-order valence-electron chi connectivity index (χ4n) is 2.58. The lowest BCUT2D eigenvalue weighted by atomic mass is 10.0. The third-order valence-corrected chi connectivity index (χ3v) is 4.69. The van der Waals surface area contributed by atoms with Gasteiger partial charge in [0, 0.05) is 11.8 Å². The molecule has 28 heavy (non-hydrogen) atoms. The molecule has 0 aromatic carbocycles. The number of carboxylic acids is 1. The first-order chi connectivity index (χ1) is 13.1. The van der Waals surface area contributed by atoms with Crippen molar-refractivity contribution >= 4 is 24.5 Å². The van der Waals surface area contributed by atoms with Gasteiger partial charge in [-0.05, 0) is 73.1 Å². The Morgan fingerprint density at radius 3 is 1.75 bits per heavy atom. The summed E-state index contributed by atoms with van der Waals surface area (Å²) in [6.07, 6.45) is 14.3. The molecule has 0 aliphatic carbocycles. The average molecular weight is 408 g/mol. The zero-order valence-corrected chi connectivity index (χ0v) is 18.9. The van der Waals surface area contributed by atoms with Gasteiger partial charge in [-0.15, -0.1) is 0 Å². The van der Waals surface area contributed by atoms with Gasteiger partial charge in [-0.1, -0.05) is 40.5 Å². The molecule has 1 unspecified atom stereocenters. The molecule has 1 atom stereocenters. The van der Waals surface area contributed by atoms with Gasteiger partial charge in [0.25, 0.3) is 0 Å². The van der Waals surface area contributed by atoms with Crippen LogP contribution in [-0.2, 0) is 9.59 Å². The molecule has 0 saturated heterocycles. The van der Waals surface area contributed by atoms with Crippen molar-refractivity contribution in [3.8, 4) is 0 Å². The molecular formula is C23H37NO3S. The normalized spacial score (nSPS) is 13.9. The van der Waals surface area contributed by atoms with Crippen LogP contribution in [0.3, 0.4) is 0 Å². The van der Waals surface area contributed by atoms with Crippen molar-refractivity contribution in [1.29, 1.82) is 0 Å². The van der Waals surface area contributed by atoms with Gasteiger partial charge in [0.05, 0.1) is 0 Å². The molecule has 0 heterocycles. The van der Waals surface area contributed by atoms with Crippen LogP contribution >= 0.6 is 12.6 Å². The first-order valence-electron chi connectivity index (χ1n) is 9.91. The highest BCUT2D eigenvalue weighted by Crippen LogP contribution is 2.13. The van der Waals surface area contributed by atoms with Crippen LogP contribution in [0.1, 0.15) is 73.1 Å². The van der Waals surface area contributed by atoms with E-state index in [4.69, 9.17) is 5.11 Å². The van der Waals surface area contributed by atoms with Gasteiger partial charge in [0.1, 0.15) is 6.04 Å². The van der Waals surface area contributed by atoms with Gasteiger partial charge < -0.3 is 10.4 Å². The molecule has 158 valence electrons. The number of amides is 1. The van der Waals surface area contributed by atoms with Crippen molar-refractivity contribution in [2.24, 2.45) is 0 Å². The maximum absolute atomic E-state index is 11.8. The summed E-state index contributed by atoms with van der Waals surface area (Å²) < 4.78 is 0. The molecular weight excluding hydrogens is 370 g/mol. The average Bonchev–Trinajstić information content (AvgIpc) is 2.58. The van der Waals surface area contributed by atoms with Gasteiger partial charge in [0.2, 0.25) is 5.91 Å². The van der Waals surface area contributed by atoms with Crippen LogP contribution in [0.2, 0.25) is 0 Å². The van der Waals surface area contributed by atoms with Gasteiger partial charge in [-0.2, -0.15) is 12.6 Å². The Balaban J connectivity index is 4.26.